The number of hydrogen-bond donors (Lipinski definition) is 0. The Morgan fingerprint density at radius 3 is 2.71 bits per heavy atom. The molecule has 1 aromatic carbocycles. The van der Waals surface area contributed by atoms with Crippen molar-refractivity contribution >= 4 is 21.7 Å². The first-order chi connectivity index (χ1) is 8.10. The van der Waals surface area contributed by atoms with Crippen LogP contribution in [0.3, 0.4) is 0 Å². The third-order valence-electron chi connectivity index (χ3n) is 2.32. The molecule has 17 heavy (non-hydrogen) atoms. The Bertz CT molecular complexity index is 394. The molecule has 1 aromatic rings. The molecule has 0 radical (unpaired) electrons. The van der Waals surface area contributed by atoms with Gasteiger partial charge in [-0.05, 0) is 12.5 Å². The Hall–Kier alpha value is -0.970. The fraction of sp³-hybridized carbons (Fsp3) is 0.417. The first-order valence-corrected chi connectivity index (χ1v) is 6.38. The largest absolute Gasteiger partial charge is 0.435 e. The van der Waals surface area contributed by atoms with Crippen LogP contribution in [0.25, 0.3) is 0 Å². The number of hydrogen-bond acceptors (Lipinski definition) is 2. The molecular formula is C12H13BrF2O2. The van der Waals surface area contributed by atoms with E-state index in [-0.39, 0.29) is 11.5 Å². The molecule has 0 unspecified atom stereocenters. The Balaban J connectivity index is 3.09. The van der Waals surface area contributed by atoms with Crippen molar-refractivity contribution in [3.8, 4) is 5.75 Å². The fourth-order valence-corrected chi connectivity index (χ4v) is 1.98. The first kappa shape index (κ1) is 14.1. The SMILES string of the molecule is CCc1c(OC(F)F)cccc1C(=O)CCBr. The van der Waals surface area contributed by atoms with Gasteiger partial charge in [0.1, 0.15) is 5.75 Å². The van der Waals surface area contributed by atoms with Crippen LogP contribution in [0.1, 0.15) is 29.3 Å². The number of carbonyl (C=O) groups excluding carboxylic acids is 1. The summed E-state index contributed by atoms with van der Waals surface area (Å²) in [6.45, 7) is -1.07. The lowest BCUT2D eigenvalue weighted by Gasteiger charge is -2.12. The second-order valence-electron chi connectivity index (χ2n) is 3.38. The zero-order valence-corrected chi connectivity index (χ0v) is 11.0. The van der Waals surface area contributed by atoms with Gasteiger partial charge in [-0.25, -0.2) is 0 Å². The van der Waals surface area contributed by atoms with Gasteiger partial charge >= 0.3 is 6.61 Å². The van der Waals surface area contributed by atoms with Crippen LogP contribution in [0.5, 0.6) is 5.75 Å². The molecule has 5 heteroatoms. The van der Waals surface area contributed by atoms with Crippen molar-refractivity contribution in [2.45, 2.75) is 26.4 Å². The maximum Gasteiger partial charge on any atom is 0.387 e. The molecule has 0 atom stereocenters. The van der Waals surface area contributed by atoms with Gasteiger partial charge in [-0.2, -0.15) is 8.78 Å². The van der Waals surface area contributed by atoms with Gasteiger partial charge in [-0.3, -0.25) is 4.79 Å². The number of rotatable bonds is 6. The predicted octanol–water partition coefficient (Wildman–Crippen LogP) is 3.82. The zero-order chi connectivity index (χ0) is 12.8. The quantitative estimate of drug-likeness (QED) is 0.590. The second-order valence-corrected chi connectivity index (χ2v) is 4.17. The Morgan fingerprint density at radius 1 is 1.47 bits per heavy atom. The van der Waals surface area contributed by atoms with Crippen molar-refractivity contribution in [3.05, 3.63) is 29.3 Å². The molecule has 0 aromatic heterocycles. The molecular weight excluding hydrogens is 294 g/mol. The monoisotopic (exact) mass is 306 g/mol. The number of Topliss-reactive ketones (excluding diaryl/α,β-unsaturated/α-hetero) is 1. The first-order valence-electron chi connectivity index (χ1n) is 5.26. The highest BCUT2D eigenvalue weighted by Gasteiger charge is 2.16. The van der Waals surface area contributed by atoms with Gasteiger partial charge in [0.2, 0.25) is 0 Å². The van der Waals surface area contributed by atoms with Crippen LogP contribution in [-0.2, 0) is 6.42 Å². The summed E-state index contributed by atoms with van der Waals surface area (Å²) in [6, 6.07) is 4.65. The average molecular weight is 307 g/mol. The van der Waals surface area contributed by atoms with E-state index >= 15 is 0 Å². The van der Waals surface area contributed by atoms with Crippen LogP contribution in [0, 0.1) is 0 Å². The maximum atomic E-state index is 12.2. The molecule has 94 valence electrons. The number of carbonyl (C=O) groups is 1. The van der Waals surface area contributed by atoms with Crippen molar-refractivity contribution in [1.29, 1.82) is 0 Å². The number of ketones is 1. The molecule has 0 spiro atoms. The van der Waals surface area contributed by atoms with Crippen LogP contribution < -0.4 is 4.74 Å². The topological polar surface area (TPSA) is 26.3 Å². The molecule has 1 rings (SSSR count). The summed E-state index contributed by atoms with van der Waals surface area (Å²) < 4.78 is 28.8. The van der Waals surface area contributed by atoms with E-state index in [0.29, 0.717) is 29.3 Å². The minimum atomic E-state index is -2.87. The summed E-state index contributed by atoms with van der Waals surface area (Å²) >= 11 is 3.18. The van der Waals surface area contributed by atoms with Crippen molar-refractivity contribution in [2.24, 2.45) is 0 Å². The highest BCUT2D eigenvalue weighted by atomic mass is 79.9. The summed E-state index contributed by atoms with van der Waals surface area (Å²) in [7, 11) is 0. The lowest BCUT2D eigenvalue weighted by molar-refractivity contribution is -0.0504. The summed E-state index contributed by atoms with van der Waals surface area (Å²) in [5, 5.41) is 0.551. The second kappa shape index (κ2) is 6.69. The Kier molecular flexibility index (Phi) is 5.55. The fourth-order valence-electron chi connectivity index (χ4n) is 1.62. The van der Waals surface area contributed by atoms with Gasteiger partial charge in [0, 0.05) is 22.9 Å². The van der Waals surface area contributed by atoms with Gasteiger partial charge in [-0.1, -0.05) is 35.0 Å². The van der Waals surface area contributed by atoms with Crippen molar-refractivity contribution in [2.75, 3.05) is 5.33 Å². The summed E-state index contributed by atoms with van der Waals surface area (Å²) in [4.78, 5) is 11.8. The predicted molar refractivity (Wildman–Crippen MR) is 65.2 cm³/mol. The Labute approximate surface area is 107 Å². The van der Waals surface area contributed by atoms with Gasteiger partial charge in [0.25, 0.3) is 0 Å². The smallest absolute Gasteiger partial charge is 0.387 e. The van der Waals surface area contributed by atoms with Crippen LogP contribution in [0.2, 0.25) is 0 Å². The number of alkyl halides is 3. The molecule has 0 saturated carbocycles. The average Bonchev–Trinajstić information content (AvgIpc) is 2.28. The van der Waals surface area contributed by atoms with Crippen LogP contribution >= 0.6 is 15.9 Å². The normalized spacial score (nSPS) is 10.6. The Morgan fingerprint density at radius 2 is 2.18 bits per heavy atom. The number of halogens is 3. The molecule has 0 saturated heterocycles. The highest BCUT2D eigenvalue weighted by Crippen LogP contribution is 2.25. The standard InChI is InChI=1S/C12H13BrF2O2/c1-2-8-9(10(16)6-7-13)4-3-5-11(8)17-12(14)15/h3-5,12H,2,6-7H2,1H3. The van der Waals surface area contributed by atoms with Crippen molar-refractivity contribution in [1.82, 2.24) is 0 Å². The maximum absolute atomic E-state index is 12.2. The summed E-state index contributed by atoms with van der Waals surface area (Å²) in [5.41, 5.74) is 1.00. The van der Waals surface area contributed by atoms with E-state index in [1.165, 1.54) is 6.07 Å². The number of benzene rings is 1. The third kappa shape index (κ3) is 3.77. The molecule has 0 aliphatic heterocycles. The van der Waals surface area contributed by atoms with E-state index in [9.17, 15) is 13.6 Å². The highest BCUT2D eigenvalue weighted by molar-refractivity contribution is 9.09. The minimum absolute atomic E-state index is 0.0709. The van der Waals surface area contributed by atoms with Crippen LogP contribution in [0.4, 0.5) is 8.78 Å². The van der Waals surface area contributed by atoms with Gasteiger partial charge < -0.3 is 4.74 Å². The summed E-state index contributed by atoms with van der Waals surface area (Å²) in [6.07, 6.45) is 0.817. The van der Waals surface area contributed by atoms with E-state index < -0.39 is 6.61 Å². The lowest BCUT2D eigenvalue weighted by Crippen LogP contribution is -2.09. The molecule has 0 amide bonds. The van der Waals surface area contributed by atoms with Crippen LogP contribution in [0.15, 0.2) is 18.2 Å². The van der Waals surface area contributed by atoms with Gasteiger partial charge in [-0.15, -0.1) is 0 Å². The molecule has 0 aliphatic carbocycles. The van der Waals surface area contributed by atoms with E-state index in [2.05, 4.69) is 20.7 Å². The molecule has 0 fully saturated rings. The third-order valence-corrected chi connectivity index (χ3v) is 2.72. The molecule has 0 heterocycles. The molecule has 0 N–H and O–H groups in total. The van der Waals surface area contributed by atoms with Gasteiger partial charge in [0.15, 0.2) is 5.78 Å². The van der Waals surface area contributed by atoms with E-state index in [4.69, 9.17) is 0 Å². The van der Waals surface area contributed by atoms with Crippen molar-refractivity contribution < 1.29 is 18.3 Å². The molecule has 0 aliphatic rings. The molecule has 0 bridgehead atoms. The van der Waals surface area contributed by atoms with E-state index in [1.807, 2.05) is 0 Å². The molecule has 2 nitrogen and oxygen atoms in total. The number of ether oxygens (including phenoxy) is 1. The lowest BCUT2D eigenvalue weighted by atomic mass is 9.99. The minimum Gasteiger partial charge on any atom is -0.435 e. The van der Waals surface area contributed by atoms with Crippen LogP contribution in [-0.4, -0.2) is 17.7 Å². The van der Waals surface area contributed by atoms with E-state index in [1.54, 1.807) is 19.1 Å². The van der Waals surface area contributed by atoms with Gasteiger partial charge in [0.05, 0.1) is 0 Å². The summed E-state index contributed by atoms with van der Waals surface area (Å²) in [5.74, 6) is 0.0152. The van der Waals surface area contributed by atoms with Crippen molar-refractivity contribution in [3.63, 3.8) is 0 Å². The zero-order valence-electron chi connectivity index (χ0n) is 9.38. The van der Waals surface area contributed by atoms with E-state index in [0.717, 1.165) is 0 Å².